The molecule has 0 radical (unpaired) electrons. The highest BCUT2D eigenvalue weighted by atomic mass is 16.5. The summed E-state index contributed by atoms with van der Waals surface area (Å²) in [5.74, 6) is -1.48. The quantitative estimate of drug-likeness (QED) is 0.805. The lowest BCUT2D eigenvalue weighted by molar-refractivity contribution is -0.134. The molecule has 0 bridgehead atoms. The van der Waals surface area contributed by atoms with Gasteiger partial charge in [-0.2, -0.15) is 0 Å². The van der Waals surface area contributed by atoms with Crippen molar-refractivity contribution in [1.29, 1.82) is 0 Å². The van der Waals surface area contributed by atoms with Crippen molar-refractivity contribution in [2.45, 2.75) is 24.9 Å². The van der Waals surface area contributed by atoms with E-state index in [2.05, 4.69) is 49.0 Å². The predicted octanol–water partition coefficient (Wildman–Crippen LogP) is 1.78. The average molecular weight is 348 g/mol. The molecule has 0 saturated carbocycles. The molecule has 0 aliphatic carbocycles. The van der Waals surface area contributed by atoms with E-state index in [0.717, 1.165) is 12.3 Å². The molecule has 0 amide bonds. The third-order valence-electron chi connectivity index (χ3n) is 4.88. The summed E-state index contributed by atoms with van der Waals surface area (Å²) in [7, 11) is 6.17. The topological polar surface area (TPSA) is 90.3 Å². The SMILES string of the molecule is COc1cccc2c1C1(C)CCN(C)C1N2C.O=C(O)/C=C\C(=O)O. The Morgan fingerprint density at radius 2 is 1.84 bits per heavy atom. The van der Waals surface area contributed by atoms with E-state index >= 15 is 0 Å². The summed E-state index contributed by atoms with van der Waals surface area (Å²) in [6, 6.07) is 6.37. The van der Waals surface area contributed by atoms with Crippen LogP contribution < -0.4 is 9.64 Å². The van der Waals surface area contributed by atoms with Gasteiger partial charge in [-0.1, -0.05) is 13.0 Å². The Bertz CT molecular complexity index is 687. The minimum atomic E-state index is -1.26. The molecule has 2 aliphatic rings. The molecule has 25 heavy (non-hydrogen) atoms. The van der Waals surface area contributed by atoms with E-state index in [4.69, 9.17) is 14.9 Å². The number of methoxy groups -OCH3 is 1. The van der Waals surface area contributed by atoms with Crippen LogP contribution in [0.5, 0.6) is 5.75 Å². The number of hydrogen-bond acceptors (Lipinski definition) is 5. The molecule has 2 aliphatic heterocycles. The Kier molecular flexibility index (Phi) is 5.37. The normalized spacial score (nSPS) is 24.5. The van der Waals surface area contributed by atoms with Gasteiger partial charge < -0.3 is 19.8 Å². The number of likely N-dealkylation sites (tertiary alicyclic amines) is 1. The summed E-state index contributed by atoms with van der Waals surface area (Å²) in [4.78, 5) is 23.9. The molecule has 2 heterocycles. The molecule has 1 aromatic carbocycles. The van der Waals surface area contributed by atoms with Gasteiger partial charge in [-0.05, 0) is 25.6 Å². The van der Waals surface area contributed by atoms with Crippen molar-refractivity contribution in [2.75, 3.05) is 32.6 Å². The number of rotatable bonds is 3. The Hall–Kier alpha value is -2.54. The summed E-state index contributed by atoms with van der Waals surface area (Å²) in [6.07, 6.45) is 2.78. The maximum atomic E-state index is 9.55. The van der Waals surface area contributed by atoms with E-state index in [1.807, 2.05) is 0 Å². The molecular weight excluding hydrogens is 324 g/mol. The molecule has 0 aromatic heterocycles. The molecule has 7 heteroatoms. The Balaban J connectivity index is 0.000000242. The third-order valence-corrected chi connectivity index (χ3v) is 4.88. The van der Waals surface area contributed by atoms with Gasteiger partial charge in [0.15, 0.2) is 0 Å². The molecule has 2 atom stereocenters. The monoisotopic (exact) mass is 348 g/mol. The van der Waals surface area contributed by atoms with Crippen molar-refractivity contribution in [3.8, 4) is 5.75 Å². The van der Waals surface area contributed by atoms with E-state index < -0.39 is 11.9 Å². The second-order valence-corrected chi connectivity index (χ2v) is 6.50. The van der Waals surface area contributed by atoms with Crippen molar-refractivity contribution in [2.24, 2.45) is 0 Å². The molecule has 1 aromatic rings. The number of carbonyl (C=O) groups is 2. The smallest absolute Gasteiger partial charge is 0.328 e. The number of benzene rings is 1. The van der Waals surface area contributed by atoms with Crippen molar-refractivity contribution in [3.05, 3.63) is 35.9 Å². The first-order valence-corrected chi connectivity index (χ1v) is 7.97. The first-order chi connectivity index (χ1) is 11.7. The predicted molar refractivity (Wildman–Crippen MR) is 94.2 cm³/mol. The number of nitrogens with zero attached hydrogens (tertiary/aromatic N) is 2. The molecule has 7 nitrogen and oxygen atoms in total. The highest BCUT2D eigenvalue weighted by Gasteiger charge is 2.53. The number of hydrogen-bond donors (Lipinski definition) is 2. The molecule has 2 unspecified atom stereocenters. The van der Waals surface area contributed by atoms with Crippen LogP contribution in [0.25, 0.3) is 0 Å². The Labute approximate surface area is 147 Å². The maximum Gasteiger partial charge on any atom is 0.328 e. The van der Waals surface area contributed by atoms with E-state index in [1.54, 1.807) is 7.11 Å². The minimum Gasteiger partial charge on any atom is -0.496 e. The second-order valence-electron chi connectivity index (χ2n) is 6.50. The zero-order valence-corrected chi connectivity index (χ0v) is 14.9. The van der Waals surface area contributed by atoms with Crippen molar-refractivity contribution in [3.63, 3.8) is 0 Å². The standard InChI is InChI=1S/C14H20N2O.C4H4O4/c1-14-8-9-15(2)13(14)16(3)10-6-5-7-11(17-4)12(10)14;5-3(6)1-2-4(7)8/h5-7,13H,8-9H2,1-4H3;1-2H,(H,5,6)(H,7,8)/b;2-1-. The van der Waals surface area contributed by atoms with E-state index in [0.29, 0.717) is 18.3 Å². The van der Waals surface area contributed by atoms with E-state index in [-0.39, 0.29) is 5.41 Å². The maximum absolute atomic E-state index is 9.55. The van der Waals surface area contributed by atoms with Gasteiger partial charge in [0, 0.05) is 42.4 Å². The third kappa shape index (κ3) is 3.46. The number of carboxylic acids is 2. The fourth-order valence-corrected chi connectivity index (χ4v) is 3.96. The number of fused-ring (bicyclic) bond motifs is 3. The summed E-state index contributed by atoms with van der Waals surface area (Å²) in [5, 5.41) is 15.6. The lowest BCUT2D eigenvalue weighted by atomic mass is 9.81. The molecule has 1 saturated heterocycles. The highest BCUT2D eigenvalue weighted by Crippen LogP contribution is 2.54. The van der Waals surface area contributed by atoms with Gasteiger partial charge in [-0.25, -0.2) is 9.59 Å². The van der Waals surface area contributed by atoms with Crippen LogP contribution in [-0.4, -0.2) is 61.0 Å². The summed E-state index contributed by atoms with van der Waals surface area (Å²) in [6.45, 7) is 3.52. The van der Waals surface area contributed by atoms with Gasteiger partial charge in [0.1, 0.15) is 5.75 Å². The van der Waals surface area contributed by atoms with Gasteiger partial charge in [0.05, 0.1) is 13.3 Å². The lowest BCUT2D eigenvalue weighted by Gasteiger charge is -2.32. The van der Waals surface area contributed by atoms with Crippen LogP contribution in [0.1, 0.15) is 18.9 Å². The second kappa shape index (κ2) is 7.14. The van der Waals surface area contributed by atoms with Crippen LogP contribution in [0.15, 0.2) is 30.4 Å². The number of carboxylic acid groups (broad SMARTS) is 2. The van der Waals surface area contributed by atoms with Crippen LogP contribution >= 0.6 is 0 Å². The number of aliphatic carboxylic acids is 2. The zero-order valence-electron chi connectivity index (χ0n) is 14.9. The average Bonchev–Trinajstić information content (AvgIpc) is 2.99. The molecular formula is C18H24N2O5. The lowest BCUT2D eigenvalue weighted by Crippen LogP contribution is -2.45. The first-order valence-electron chi connectivity index (χ1n) is 7.97. The largest absolute Gasteiger partial charge is 0.496 e. The van der Waals surface area contributed by atoms with Crippen LogP contribution in [-0.2, 0) is 15.0 Å². The number of anilines is 1. The van der Waals surface area contributed by atoms with Gasteiger partial charge in [-0.15, -0.1) is 0 Å². The Morgan fingerprint density at radius 3 is 2.36 bits per heavy atom. The zero-order chi connectivity index (χ0) is 18.8. The Morgan fingerprint density at radius 1 is 1.24 bits per heavy atom. The summed E-state index contributed by atoms with van der Waals surface area (Å²) in [5.41, 5.74) is 2.91. The van der Waals surface area contributed by atoms with Gasteiger partial charge in [0.25, 0.3) is 0 Å². The minimum absolute atomic E-state index is 0.200. The fourth-order valence-electron chi connectivity index (χ4n) is 3.96. The van der Waals surface area contributed by atoms with Crippen LogP contribution in [0, 0.1) is 0 Å². The number of likely N-dealkylation sites (N-methyl/N-ethyl adjacent to an activating group) is 2. The van der Waals surface area contributed by atoms with Crippen molar-refractivity contribution >= 4 is 17.6 Å². The van der Waals surface area contributed by atoms with Crippen LogP contribution in [0.2, 0.25) is 0 Å². The molecule has 1 fully saturated rings. The number of ether oxygens (including phenoxy) is 1. The van der Waals surface area contributed by atoms with Gasteiger partial charge in [0.2, 0.25) is 0 Å². The van der Waals surface area contributed by atoms with Crippen molar-refractivity contribution in [1.82, 2.24) is 4.90 Å². The molecule has 136 valence electrons. The van der Waals surface area contributed by atoms with Gasteiger partial charge in [-0.3, -0.25) is 4.90 Å². The first kappa shape index (κ1) is 18.8. The summed E-state index contributed by atoms with van der Waals surface area (Å²) >= 11 is 0. The van der Waals surface area contributed by atoms with Crippen LogP contribution in [0.4, 0.5) is 5.69 Å². The van der Waals surface area contributed by atoms with Gasteiger partial charge >= 0.3 is 11.9 Å². The molecule has 0 spiro atoms. The molecule has 3 rings (SSSR count). The fraction of sp³-hybridized carbons (Fsp3) is 0.444. The highest BCUT2D eigenvalue weighted by molar-refractivity contribution is 5.89. The van der Waals surface area contributed by atoms with Crippen LogP contribution in [0.3, 0.4) is 0 Å². The molecule has 2 N–H and O–H groups in total. The van der Waals surface area contributed by atoms with E-state index in [9.17, 15) is 9.59 Å². The summed E-state index contributed by atoms with van der Waals surface area (Å²) < 4.78 is 5.57. The van der Waals surface area contributed by atoms with Crippen molar-refractivity contribution < 1.29 is 24.5 Å². The van der Waals surface area contributed by atoms with E-state index in [1.165, 1.54) is 17.7 Å².